The lowest BCUT2D eigenvalue weighted by Gasteiger charge is -2.01. The molecule has 0 aliphatic rings. The molecule has 0 heterocycles. The highest BCUT2D eigenvalue weighted by molar-refractivity contribution is 9.10. The number of nitrogens with zero attached hydrogens (tertiary/aromatic N) is 2. The monoisotopic (exact) mass is 346 g/mol. The number of hydrogen-bond acceptors (Lipinski definition) is 3. The predicted octanol–water partition coefficient (Wildman–Crippen LogP) is 4.56. The van der Waals surface area contributed by atoms with Crippen LogP contribution >= 0.6 is 15.9 Å². The Morgan fingerprint density at radius 3 is 2.48 bits per heavy atom. The molecule has 6 heteroatoms. The molecule has 2 aromatic carbocycles. The van der Waals surface area contributed by atoms with E-state index in [2.05, 4.69) is 15.9 Å². The Balaban J connectivity index is 2.39. The Kier molecular flexibility index (Phi) is 4.45. The Morgan fingerprint density at radius 1 is 1.29 bits per heavy atom. The first-order chi connectivity index (χ1) is 10.0. The van der Waals surface area contributed by atoms with Crippen molar-refractivity contribution < 1.29 is 9.31 Å². The van der Waals surface area contributed by atoms with Gasteiger partial charge in [0, 0.05) is 12.1 Å². The second-order valence-electron chi connectivity index (χ2n) is 4.15. The van der Waals surface area contributed by atoms with Crippen molar-refractivity contribution in [3.05, 3.63) is 74.0 Å². The molecule has 0 bridgehead atoms. The number of hydrogen-bond donors (Lipinski definition) is 0. The molecule has 0 amide bonds. The van der Waals surface area contributed by atoms with Gasteiger partial charge in [-0.25, -0.2) is 4.39 Å². The summed E-state index contributed by atoms with van der Waals surface area (Å²) in [6, 6.07) is 12.1. The van der Waals surface area contributed by atoms with E-state index in [1.54, 1.807) is 18.2 Å². The highest BCUT2D eigenvalue weighted by Gasteiger charge is 2.07. The fourth-order valence-corrected chi connectivity index (χ4v) is 2.11. The summed E-state index contributed by atoms with van der Waals surface area (Å²) in [6.07, 6.45) is 1.59. The van der Waals surface area contributed by atoms with Gasteiger partial charge in [-0.1, -0.05) is 6.07 Å². The molecule has 4 nitrogen and oxygen atoms in total. The van der Waals surface area contributed by atoms with E-state index in [0.717, 1.165) is 0 Å². The number of rotatable bonds is 3. The largest absolute Gasteiger partial charge is 0.269 e. The first-order valence-corrected chi connectivity index (χ1v) is 6.62. The average molecular weight is 347 g/mol. The van der Waals surface area contributed by atoms with Crippen LogP contribution in [0.4, 0.5) is 10.1 Å². The van der Waals surface area contributed by atoms with Gasteiger partial charge in [0.15, 0.2) is 0 Å². The first-order valence-electron chi connectivity index (χ1n) is 5.83. The lowest BCUT2D eigenvalue weighted by atomic mass is 10.0. The zero-order valence-corrected chi connectivity index (χ0v) is 12.2. The summed E-state index contributed by atoms with van der Waals surface area (Å²) in [7, 11) is 0. The molecular weight excluding hydrogens is 339 g/mol. The molecule has 0 saturated carbocycles. The van der Waals surface area contributed by atoms with Crippen LogP contribution in [0.25, 0.3) is 11.6 Å². The summed E-state index contributed by atoms with van der Waals surface area (Å²) in [4.78, 5) is 10.1. The number of non-ortho nitro benzene ring substituents is 1. The van der Waals surface area contributed by atoms with Crippen molar-refractivity contribution in [1.29, 1.82) is 5.26 Å². The molecule has 0 saturated heterocycles. The van der Waals surface area contributed by atoms with Crippen molar-refractivity contribution in [2.45, 2.75) is 0 Å². The zero-order valence-electron chi connectivity index (χ0n) is 10.6. The third-order valence-corrected chi connectivity index (χ3v) is 3.37. The third kappa shape index (κ3) is 3.52. The molecule has 21 heavy (non-hydrogen) atoms. The molecule has 0 aliphatic carbocycles. The van der Waals surface area contributed by atoms with Gasteiger partial charge in [-0.15, -0.1) is 0 Å². The molecule has 2 aromatic rings. The molecule has 0 spiro atoms. The lowest BCUT2D eigenvalue weighted by molar-refractivity contribution is -0.384. The van der Waals surface area contributed by atoms with E-state index >= 15 is 0 Å². The Morgan fingerprint density at radius 2 is 1.95 bits per heavy atom. The molecule has 0 aromatic heterocycles. The first kappa shape index (κ1) is 14.9. The van der Waals surface area contributed by atoms with Crippen molar-refractivity contribution in [2.75, 3.05) is 0 Å². The van der Waals surface area contributed by atoms with Gasteiger partial charge in [0.05, 0.1) is 21.0 Å². The molecule has 0 aliphatic heterocycles. The van der Waals surface area contributed by atoms with Crippen LogP contribution in [0.5, 0.6) is 0 Å². The standard InChI is InChI=1S/C15H8BrFN2O2/c16-14-8-10(1-6-15(14)17)7-12(9-18)11-2-4-13(5-3-11)19(20)21/h1-8H/b12-7+. The minimum atomic E-state index is -0.503. The number of nitro benzene ring substituents is 1. The van der Waals surface area contributed by atoms with Crippen molar-refractivity contribution in [2.24, 2.45) is 0 Å². The summed E-state index contributed by atoms with van der Waals surface area (Å²) in [5, 5.41) is 19.8. The molecule has 2 rings (SSSR count). The van der Waals surface area contributed by atoms with Crippen molar-refractivity contribution >= 4 is 33.3 Å². The molecule has 0 N–H and O–H groups in total. The fraction of sp³-hybridized carbons (Fsp3) is 0. The van der Waals surface area contributed by atoms with Crippen LogP contribution in [-0.4, -0.2) is 4.92 Å². The van der Waals surface area contributed by atoms with Crippen molar-refractivity contribution in [1.82, 2.24) is 0 Å². The zero-order chi connectivity index (χ0) is 15.4. The third-order valence-electron chi connectivity index (χ3n) is 2.76. The molecular formula is C15H8BrFN2O2. The smallest absolute Gasteiger partial charge is 0.258 e. The maximum absolute atomic E-state index is 13.2. The van der Waals surface area contributed by atoms with Crippen LogP contribution in [0.1, 0.15) is 11.1 Å². The Labute approximate surface area is 128 Å². The van der Waals surface area contributed by atoms with Crippen LogP contribution < -0.4 is 0 Å². The highest BCUT2D eigenvalue weighted by Crippen LogP contribution is 2.23. The van der Waals surface area contributed by atoms with Gasteiger partial charge in [-0.05, 0) is 57.4 Å². The van der Waals surface area contributed by atoms with Crippen LogP contribution in [-0.2, 0) is 0 Å². The van der Waals surface area contributed by atoms with Crippen molar-refractivity contribution in [3.8, 4) is 6.07 Å². The number of halogens is 2. The Hall–Kier alpha value is -2.52. The highest BCUT2D eigenvalue weighted by atomic mass is 79.9. The summed E-state index contributed by atoms with van der Waals surface area (Å²) in [6.45, 7) is 0. The number of allylic oxidation sites excluding steroid dienone is 1. The van der Waals surface area contributed by atoms with E-state index in [-0.39, 0.29) is 11.5 Å². The maximum atomic E-state index is 13.2. The SMILES string of the molecule is N#C/C(=C\c1ccc(F)c(Br)c1)c1ccc([N+](=O)[O-])cc1. The fourth-order valence-electron chi connectivity index (χ4n) is 1.71. The van der Waals surface area contributed by atoms with E-state index < -0.39 is 4.92 Å². The molecule has 0 atom stereocenters. The normalized spacial score (nSPS) is 11.0. The number of nitriles is 1. The molecule has 0 fully saturated rings. The van der Waals surface area contributed by atoms with Crippen LogP contribution in [0.3, 0.4) is 0 Å². The van der Waals surface area contributed by atoms with Crippen LogP contribution in [0.2, 0.25) is 0 Å². The topological polar surface area (TPSA) is 66.9 Å². The quantitative estimate of drug-likeness (QED) is 0.354. The van der Waals surface area contributed by atoms with E-state index in [0.29, 0.717) is 21.2 Å². The number of benzene rings is 2. The lowest BCUT2D eigenvalue weighted by Crippen LogP contribution is -1.88. The minimum Gasteiger partial charge on any atom is -0.258 e. The van der Waals surface area contributed by atoms with Crippen LogP contribution in [0.15, 0.2) is 46.9 Å². The van der Waals surface area contributed by atoms with Gasteiger partial charge in [0.1, 0.15) is 5.82 Å². The van der Waals surface area contributed by atoms with Crippen LogP contribution in [0, 0.1) is 27.3 Å². The van der Waals surface area contributed by atoms with Gasteiger partial charge < -0.3 is 0 Å². The van der Waals surface area contributed by atoms with Gasteiger partial charge in [0.25, 0.3) is 5.69 Å². The van der Waals surface area contributed by atoms with Crippen molar-refractivity contribution in [3.63, 3.8) is 0 Å². The summed E-state index contributed by atoms with van der Waals surface area (Å²) in [5.41, 5.74) is 1.51. The molecule has 104 valence electrons. The van der Waals surface area contributed by atoms with Gasteiger partial charge in [-0.3, -0.25) is 10.1 Å². The second-order valence-corrected chi connectivity index (χ2v) is 5.00. The summed E-state index contributed by atoms with van der Waals surface area (Å²) >= 11 is 3.08. The second kappa shape index (κ2) is 6.29. The maximum Gasteiger partial charge on any atom is 0.269 e. The summed E-state index contributed by atoms with van der Waals surface area (Å²) < 4.78 is 13.5. The molecule has 0 unspecified atom stereocenters. The average Bonchev–Trinajstić information content (AvgIpc) is 2.48. The van der Waals surface area contributed by atoms with E-state index in [1.807, 2.05) is 6.07 Å². The van der Waals surface area contributed by atoms with E-state index in [4.69, 9.17) is 0 Å². The summed E-state index contributed by atoms with van der Waals surface area (Å²) in [5.74, 6) is -0.388. The van der Waals surface area contributed by atoms with E-state index in [9.17, 15) is 19.8 Å². The van der Waals surface area contributed by atoms with E-state index in [1.165, 1.54) is 30.3 Å². The van der Waals surface area contributed by atoms with Gasteiger partial charge >= 0.3 is 0 Å². The Bertz CT molecular complexity index is 764. The van der Waals surface area contributed by atoms with Gasteiger partial charge in [0.2, 0.25) is 0 Å². The predicted molar refractivity (Wildman–Crippen MR) is 80.7 cm³/mol. The van der Waals surface area contributed by atoms with Gasteiger partial charge in [-0.2, -0.15) is 5.26 Å². The molecule has 0 radical (unpaired) electrons. The number of nitro groups is 1. The minimum absolute atomic E-state index is 0.0411.